The van der Waals surface area contributed by atoms with Gasteiger partial charge in [0.05, 0.1) is 11.8 Å². The Morgan fingerprint density at radius 1 is 1.25 bits per heavy atom. The van der Waals surface area contributed by atoms with Gasteiger partial charge in [0.15, 0.2) is 5.76 Å². The number of oxazole rings is 1. The minimum absolute atomic E-state index is 0.0350. The number of aromatic nitrogens is 2. The Labute approximate surface area is 87.9 Å². The van der Waals surface area contributed by atoms with Gasteiger partial charge in [-0.15, -0.1) is 0 Å². The van der Waals surface area contributed by atoms with E-state index in [2.05, 4.69) is 9.97 Å². The molecule has 0 atom stereocenters. The lowest BCUT2D eigenvalue weighted by Crippen LogP contribution is -2.07. The molecule has 0 amide bonds. The van der Waals surface area contributed by atoms with Crippen LogP contribution in [0.1, 0.15) is 5.56 Å². The summed E-state index contributed by atoms with van der Waals surface area (Å²) < 4.78 is 42.7. The van der Waals surface area contributed by atoms with Gasteiger partial charge in [-0.25, -0.2) is 4.98 Å². The van der Waals surface area contributed by atoms with Crippen LogP contribution >= 0.6 is 0 Å². The molecule has 2 N–H and O–H groups in total. The summed E-state index contributed by atoms with van der Waals surface area (Å²) in [6, 6.07) is 1.02. The molecule has 84 valence electrons. The number of pyridine rings is 1. The Morgan fingerprint density at radius 3 is 2.56 bits per heavy atom. The van der Waals surface area contributed by atoms with Gasteiger partial charge >= 0.3 is 6.18 Å². The first-order valence-electron chi connectivity index (χ1n) is 4.21. The number of hydrogen-bond acceptors (Lipinski definition) is 4. The van der Waals surface area contributed by atoms with E-state index in [1.54, 1.807) is 0 Å². The average molecular weight is 229 g/mol. The van der Waals surface area contributed by atoms with Crippen molar-refractivity contribution in [1.29, 1.82) is 0 Å². The molecule has 4 nitrogen and oxygen atoms in total. The quantitative estimate of drug-likeness (QED) is 0.815. The average Bonchev–Trinajstić information content (AvgIpc) is 2.64. The molecular formula is C9H6F3N3O. The summed E-state index contributed by atoms with van der Waals surface area (Å²) in [4.78, 5) is 6.97. The lowest BCUT2D eigenvalue weighted by atomic mass is 10.1. The summed E-state index contributed by atoms with van der Waals surface area (Å²) in [6.07, 6.45) is -1.39. The molecule has 0 saturated heterocycles. The predicted molar refractivity (Wildman–Crippen MR) is 49.1 cm³/mol. The molecule has 0 aliphatic carbocycles. The fraction of sp³-hybridized carbons (Fsp3) is 0.111. The van der Waals surface area contributed by atoms with Gasteiger partial charge in [0.25, 0.3) is 6.01 Å². The normalized spacial score (nSPS) is 11.7. The van der Waals surface area contributed by atoms with Crippen molar-refractivity contribution >= 4 is 6.01 Å². The lowest BCUT2D eigenvalue weighted by Gasteiger charge is -2.09. The van der Waals surface area contributed by atoms with Crippen molar-refractivity contribution < 1.29 is 17.6 Å². The zero-order valence-electron chi connectivity index (χ0n) is 7.82. The molecule has 2 aromatic rings. The Hall–Kier alpha value is -2.05. The zero-order valence-corrected chi connectivity index (χ0v) is 7.82. The van der Waals surface area contributed by atoms with Crippen molar-refractivity contribution in [2.24, 2.45) is 0 Å². The SMILES string of the molecule is Nc1ncc(-c2ccncc2C(F)(F)F)o1. The molecule has 0 aliphatic rings. The van der Waals surface area contributed by atoms with E-state index in [-0.39, 0.29) is 17.3 Å². The van der Waals surface area contributed by atoms with Crippen molar-refractivity contribution in [2.75, 3.05) is 5.73 Å². The van der Waals surface area contributed by atoms with Crippen molar-refractivity contribution in [3.8, 4) is 11.3 Å². The van der Waals surface area contributed by atoms with Gasteiger partial charge in [-0.05, 0) is 6.07 Å². The van der Waals surface area contributed by atoms with E-state index in [0.29, 0.717) is 0 Å². The minimum Gasteiger partial charge on any atom is -0.424 e. The maximum absolute atomic E-state index is 12.6. The number of anilines is 1. The molecule has 16 heavy (non-hydrogen) atoms. The van der Waals surface area contributed by atoms with Crippen LogP contribution in [-0.4, -0.2) is 9.97 Å². The fourth-order valence-corrected chi connectivity index (χ4v) is 1.25. The largest absolute Gasteiger partial charge is 0.424 e. The standard InChI is InChI=1S/C9H6F3N3O/c10-9(11,12)6-3-14-2-1-5(6)7-4-15-8(13)16-7/h1-4H,(H2,13,15). The van der Waals surface area contributed by atoms with Gasteiger partial charge < -0.3 is 10.2 Å². The maximum Gasteiger partial charge on any atom is 0.418 e. The van der Waals surface area contributed by atoms with E-state index >= 15 is 0 Å². The number of nitrogens with two attached hydrogens (primary N) is 1. The Kier molecular flexibility index (Phi) is 2.30. The van der Waals surface area contributed by atoms with Crippen LogP contribution in [0.5, 0.6) is 0 Å². The second kappa shape index (κ2) is 3.51. The monoisotopic (exact) mass is 229 g/mol. The Bertz CT molecular complexity index is 507. The number of nitrogens with zero attached hydrogens (tertiary/aromatic N) is 2. The molecular weight excluding hydrogens is 223 g/mol. The third-order valence-corrected chi connectivity index (χ3v) is 1.92. The highest BCUT2D eigenvalue weighted by Gasteiger charge is 2.34. The molecule has 2 aromatic heterocycles. The summed E-state index contributed by atoms with van der Waals surface area (Å²) in [6.45, 7) is 0. The maximum atomic E-state index is 12.6. The van der Waals surface area contributed by atoms with Gasteiger partial charge in [0.1, 0.15) is 0 Å². The Balaban J connectivity index is 2.57. The van der Waals surface area contributed by atoms with E-state index in [1.165, 1.54) is 12.3 Å². The summed E-state index contributed by atoms with van der Waals surface area (Å²) >= 11 is 0. The van der Waals surface area contributed by atoms with E-state index in [0.717, 1.165) is 12.4 Å². The van der Waals surface area contributed by atoms with E-state index in [1.807, 2.05) is 0 Å². The first kappa shape index (κ1) is 10.5. The molecule has 0 bridgehead atoms. The second-order valence-electron chi connectivity index (χ2n) is 2.98. The van der Waals surface area contributed by atoms with Gasteiger partial charge in [-0.2, -0.15) is 13.2 Å². The van der Waals surface area contributed by atoms with Gasteiger partial charge in [0, 0.05) is 18.0 Å². The number of halogens is 3. The van der Waals surface area contributed by atoms with E-state index < -0.39 is 11.7 Å². The molecule has 0 aromatic carbocycles. The van der Waals surface area contributed by atoms with Crippen LogP contribution in [0.2, 0.25) is 0 Å². The fourth-order valence-electron chi connectivity index (χ4n) is 1.25. The minimum atomic E-state index is -4.49. The highest BCUT2D eigenvalue weighted by molar-refractivity contribution is 5.62. The lowest BCUT2D eigenvalue weighted by molar-refractivity contribution is -0.137. The summed E-state index contributed by atoms with van der Waals surface area (Å²) in [5.74, 6) is -0.0350. The number of rotatable bonds is 1. The molecule has 2 rings (SSSR count). The highest BCUT2D eigenvalue weighted by Crippen LogP contribution is 2.36. The highest BCUT2D eigenvalue weighted by atomic mass is 19.4. The molecule has 0 radical (unpaired) electrons. The first-order valence-corrected chi connectivity index (χ1v) is 4.21. The number of nitrogen functional groups attached to an aromatic ring is 1. The van der Waals surface area contributed by atoms with Crippen LogP contribution < -0.4 is 5.73 Å². The molecule has 2 heterocycles. The number of hydrogen-bond donors (Lipinski definition) is 1. The van der Waals surface area contributed by atoms with Gasteiger partial charge in [0.2, 0.25) is 0 Å². The summed E-state index contributed by atoms with van der Waals surface area (Å²) in [5.41, 5.74) is 4.18. The zero-order chi connectivity index (χ0) is 11.8. The van der Waals surface area contributed by atoms with Crippen molar-refractivity contribution in [3.05, 3.63) is 30.2 Å². The van der Waals surface area contributed by atoms with Crippen molar-refractivity contribution in [2.45, 2.75) is 6.18 Å². The molecule has 7 heteroatoms. The van der Waals surface area contributed by atoms with Gasteiger partial charge in [-0.3, -0.25) is 4.98 Å². The molecule has 0 aliphatic heterocycles. The van der Waals surface area contributed by atoms with Crippen LogP contribution in [0.15, 0.2) is 29.1 Å². The van der Waals surface area contributed by atoms with Crippen LogP contribution in [0, 0.1) is 0 Å². The topological polar surface area (TPSA) is 64.9 Å². The Morgan fingerprint density at radius 2 is 2.00 bits per heavy atom. The molecule has 0 fully saturated rings. The summed E-state index contributed by atoms with van der Waals surface area (Å²) in [5, 5.41) is 0. The van der Waals surface area contributed by atoms with Crippen LogP contribution in [0.4, 0.5) is 19.2 Å². The third kappa shape index (κ3) is 1.83. The second-order valence-corrected chi connectivity index (χ2v) is 2.98. The molecule has 0 saturated carbocycles. The smallest absolute Gasteiger partial charge is 0.418 e. The predicted octanol–water partition coefficient (Wildman–Crippen LogP) is 2.34. The van der Waals surface area contributed by atoms with E-state index in [9.17, 15) is 13.2 Å². The molecule has 0 spiro atoms. The van der Waals surface area contributed by atoms with Crippen LogP contribution in [-0.2, 0) is 6.18 Å². The number of alkyl halides is 3. The van der Waals surface area contributed by atoms with Crippen molar-refractivity contribution in [1.82, 2.24) is 9.97 Å². The van der Waals surface area contributed by atoms with Crippen LogP contribution in [0.3, 0.4) is 0 Å². The van der Waals surface area contributed by atoms with Crippen molar-refractivity contribution in [3.63, 3.8) is 0 Å². The third-order valence-electron chi connectivity index (χ3n) is 1.92. The first-order chi connectivity index (χ1) is 7.48. The van der Waals surface area contributed by atoms with Crippen LogP contribution in [0.25, 0.3) is 11.3 Å². The van der Waals surface area contributed by atoms with E-state index in [4.69, 9.17) is 10.2 Å². The van der Waals surface area contributed by atoms with Gasteiger partial charge in [-0.1, -0.05) is 0 Å². The molecule has 0 unspecified atom stereocenters. The summed E-state index contributed by atoms with van der Waals surface area (Å²) in [7, 11) is 0.